The highest BCUT2D eigenvalue weighted by Crippen LogP contribution is 2.27. The van der Waals surface area contributed by atoms with E-state index in [1.165, 1.54) is 6.07 Å². The van der Waals surface area contributed by atoms with Crippen LogP contribution in [0.5, 0.6) is 0 Å². The molecule has 1 aromatic carbocycles. The largest absolute Gasteiger partial charge is 0.379 e. The summed E-state index contributed by atoms with van der Waals surface area (Å²) >= 11 is 0. The Bertz CT molecular complexity index is 456. The fraction of sp³-hybridized carbons (Fsp3) is 0.462. The van der Waals surface area contributed by atoms with Crippen molar-refractivity contribution in [2.24, 2.45) is 5.73 Å². The lowest BCUT2D eigenvalue weighted by molar-refractivity contribution is 0.0997. The summed E-state index contributed by atoms with van der Waals surface area (Å²) < 4.78 is 13.6. The number of nitrogens with two attached hydrogens (primary N) is 1. The molecule has 0 radical (unpaired) electrons. The van der Waals surface area contributed by atoms with Crippen LogP contribution in [0.2, 0.25) is 0 Å². The third-order valence-electron chi connectivity index (χ3n) is 3.40. The molecule has 18 heavy (non-hydrogen) atoms. The lowest BCUT2D eigenvalue weighted by atomic mass is 9.90. The van der Waals surface area contributed by atoms with Gasteiger partial charge in [-0.25, -0.2) is 4.39 Å². The molecule has 0 bridgehead atoms. The lowest BCUT2D eigenvalue weighted by Gasteiger charge is -2.36. The van der Waals surface area contributed by atoms with E-state index in [0.29, 0.717) is 5.69 Å². The molecule has 0 saturated carbocycles. The van der Waals surface area contributed by atoms with Crippen LogP contribution in [0.1, 0.15) is 30.1 Å². The van der Waals surface area contributed by atoms with Gasteiger partial charge in [-0.2, -0.15) is 0 Å². The van der Waals surface area contributed by atoms with E-state index in [1.54, 1.807) is 12.1 Å². The third-order valence-corrected chi connectivity index (χ3v) is 3.40. The van der Waals surface area contributed by atoms with Gasteiger partial charge in [0, 0.05) is 5.54 Å². The van der Waals surface area contributed by atoms with Crippen molar-refractivity contribution >= 4 is 11.6 Å². The Hall–Kier alpha value is -1.62. The molecule has 0 unspecified atom stereocenters. The van der Waals surface area contributed by atoms with Gasteiger partial charge in [-0.3, -0.25) is 4.79 Å². The predicted octanol–water partition coefficient (Wildman–Crippen LogP) is 1.48. The van der Waals surface area contributed by atoms with Crippen LogP contribution in [0.25, 0.3) is 0 Å². The number of carbonyl (C=O) groups is 1. The number of anilines is 1. The number of hydrogen-bond donors (Lipinski definition) is 3. The number of benzene rings is 1. The topological polar surface area (TPSA) is 67.1 Å². The van der Waals surface area contributed by atoms with Gasteiger partial charge in [0.15, 0.2) is 0 Å². The van der Waals surface area contributed by atoms with Crippen molar-refractivity contribution < 1.29 is 9.18 Å². The molecule has 2 rings (SSSR count). The van der Waals surface area contributed by atoms with E-state index in [-0.39, 0.29) is 11.1 Å². The van der Waals surface area contributed by atoms with Crippen LogP contribution in [-0.2, 0) is 0 Å². The third kappa shape index (κ3) is 2.61. The zero-order chi connectivity index (χ0) is 13.2. The number of halogens is 1. The van der Waals surface area contributed by atoms with E-state index >= 15 is 0 Å². The number of rotatable bonds is 3. The van der Waals surface area contributed by atoms with Gasteiger partial charge in [0.2, 0.25) is 0 Å². The maximum atomic E-state index is 13.6. The van der Waals surface area contributed by atoms with E-state index in [9.17, 15) is 9.18 Å². The standard InChI is InChI=1S/C13H18FN3O/c1-13(5-7-16-8-6-13)17-10-4-2-3-9(14)11(10)12(15)18/h2-4,16-17H,5-8H2,1H3,(H2,15,18). The fourth-order valence-corrected chi connectivity index (χ4v) is 2.31. The Labute approximate surface area is 106 Å². The molecule has 1 aromatic rings. The minimum absolute atomic E-state index is 0.0581. The zero-order valence-corrected chi connectivity index (χ0v) is 10.4. The van der Waals surface area contributed by atoms with Gasteiger partial charge >= 0.3 is 0 Å². The molecule has 0 atom stereocenters. The summed E-state index contributed by atoms with van der Waals surface area (Å²) in [5, 5.41) is 6.54. The summed E-state index contributed by atoms with van der Waals surface area (Å²) in [7, 11) is 0. The molecule has 4 N–H and O–H groups in total. The normalized spacial score (nSPS) is 18.3. The molecule has 0 spiro atoms. The van der Waals surface area contributed by atoms with Crippen molar-refractivity contribution in [3.8, 4) is 0 Å². The van der Waals surface area contributed by atoms with E-state index in [2.05, 4.69) is 17.6 Å². The molecule has 0 aromatic heterocycles. The van der Waals surface area contributed by atoms with Crippen LogP contribution < -0.4 is 16.4 Å². The molecular formula is C13H18FN3O. The minimum atomic E-state index is -0.742. The average Bonchev–Trinajstić information content (AvgIpc) is 2.28. The molecule has 4 nitrogen and oxygen atoms in total. The smallest absolute Gasteiger partial charge is 0.253 e. The Morgan fingerprint density at radius 1 is 1.44 bits per heavy atom. The highest BCUT2D eigenvalue weighted by Gasteiger charge is 2.28. The molecule has 1 heterocycles. The van der Waals surface area contributed by atoms with Crippen molar-refractivity contribution in [2.45, 2.75) is 25.3 Å². The van der Waals surface area contributed by atoms with Crippen LogP contribution in [0.4, 0.5) is 10.1 Å². The monoisotopic (exact) mass is 251 g/mol. The Morgan fingerprint density at radius 2 is 2.11 bits per heavy atom. The molecule has 1 saturated heterocycles. The maximum absolute atomic E-state index is 13.6. The SMILES string of the molecule is CC1(Nc2cccc(F)c2C(N)=O)CCNCC1. The van der Waals surface area contributed by atoms with Crippen molar-refractivity contribution in [1.29, 1.82) is 0 Å². The zero-order valence-electron chi connectivity index (χ0n) is 10.4. The summed E-state index contributed by atoms with van der Waals surface area (Å²) in [5.74, 6) is -1.32. The molecule has 1 aliphatic heterocycles. The van der Waals surface area contributed by atoms with E-state index < -0.39 is 11.7 Å². The predicted molar refractivity (Wildman–Crippen MR) is 69.0 cm³/mol. The van der Waals surface area contributed by atoms with Crippen molar-refractivity contribution in [1.82, 2.24) is 5.32 Å². The van der Waals surface area contributed by atoms with E-state index in [0.717, 1.165) is 25.9 Å². The Morgan fingerprint density at radius 3 is 2.72 bits per heavy atom. The fourth-order valence-electron chi connectivity index (χ4n) is 2.31. The molecular weight excluding hydrogens is 233 g/mol. The molecule has 1 fully saturated rings. The average molecular weight is 251 g/mol. The van der Waals surface area contributed by atoms with Crippen molar-refractivity contribution in [3.05, 3.63) is 29.6 Å². The van der Waals surface area contributed by atoms with Gasteiger partial charge < -0.3 is 16.4 Å². The summed E-state index contributed by atoms with van der Waals surface area (Å²) in [6.07, 6.45) is 1.84. The van der Waals surface area contributed by atoms with Gasteiger partial charge in [0.1, 0.15) is 5.82 Å². The molecule has 1 aliphatic rings. The number of primary amides is 1. The first-order valence-electron chi connectivity index (χ1n) is 6.09. The van der Waals surface area contributed by atoms with Gasteiger partial charge in [-0.15, -0.1) is 0 Å². The van der Waals surface area contributed by atoms with Crippen LogP contribution in [-0.4, -0.2) is 24.5 Å². The molecule has 98 valence electrons. The van der Waals surface area contributed by atoms with Gasteiger partial charge in [-0.1, -0.05) is 6.07 Å². The first kappa shape index (κ1) is 12.8. The lowest BCUT2D eigenvalue weighted by Crippen LogP contribution is -2.45. The first-order valence-corrected chi connectivity index (χ1v) is 6.09. The maximum Gasteiger partial charge on any atom is 0.253 e. The van der Waals surface area contributed by atoms with E-state index in [4.69, 9.17) is 5.73 Å². The van der Waals surface area contributed by atoms with Gasteiger partial charge in [0.05, 0.1) is 11.3 Å². The number of carbonyl (C=O) groups excluding carboxylic acids is 1. The number of hydrogen-bond acceptors (Lipinski definition) is 3. The van der Waals surface area contributed by atoms with E-state index in [1.807, 2.05) is 0 Å². The first-order chi connectivity index (χ1) is 8.52. The second-order valence-electron chi connectivity index (χ2n) is 4.96. The second-order valence-corrected chi connectivity index (χ2v) is 4.96. The Kier molecular flexibility index (Phi) is 3.52. The quantitative estimate of drug-likeness (QED) is 0.762. The Balaban J connectivity index is 2.28. The summed E-state index contributed by atoms with van der Waals surface area (Å²) in [6, 6.07) is 4.51. The molecule has 5 heteroatoms. The summed E-state index contributed by atoms with van der Waals surface area (Å²) in [5.41, 5.74) is 5.52. The van der Waals surface area contributed by atoms with Crippen LogP contribution >= 0.6 is 0 Å². The van der Waals surface area contributed by atoms with Crippen LogP contribution in [0, 0.1) is 5.82 Å². The number of nitrogens with one attached hydrogen (secondary N) is 2. The van der Waals surface area contributed by atoms with Crippen molar-refractivity contribution in [3.63, 3.8) is 0 Å². The number of amides is 1. The second kappa shape index (κ2) is 4.94. The minimum Gasteiger partial charge on any atom is -0.379 e. The van der Waals surface area contributed by atoms with Gasteiger partial charge in [-0.05, 0) is 45.0 Å². The van der Waals surface area contributed by atoms with Crippen molar-refractivity contribution in [2.75, 3.05) is 18.4 Å². The van der Waals surface area contributed by atoms with Crippen LogP contribution in [0.3, 0.4) is 0 Å². The summed E-state index contributed by atoms with van der Waals surface area (Å²) in [4.78, 5) is 11.3. The molecule has 0 aliphatic carbocycles. The highest BCUT2D eigenvalue weighted by molar-refractivity contribution is 5.98. The summed E-state index contributed by atoms with van der Waals surface area (Å²) in [6.45, 7) is 3.89. The van der Waals surface area contributed by atoms with Crippen LogP contribution in [0.15, 0.2) is 18.2 Å². The van der Waals surface area contributed by atoms with Gasteiger partial charge in [0.25, 0.3) is 5.91 Å². The highest BCUT2D eigenvalue weighted by atomic mass is 19.1. The number of piperidine rings is 1. The molecule has 1 amide bonds.